The van der Waals surface area contributed by atoms with Gasteiger partial charge in [-0.15, -0.1) is 6.58 Å². The maximum absolute atomic E-state index is 9.14. The topological polar surface area (TPSA) is 47.9 Å². The lowest BCUT2D eigenvalue weighted by Gasteiger charge is -2.09. The second-order valence-corrected chi connectivity index (χ2v) is 2.55. The fraction of sp³-hybridized carbons (Fsp3) is 0.778. The third-order valence-corrected chi connectivity index (χ3v) is 1.28. The Balaban J connectivity index is 3.01. The Morgan fingerprint density at radius 3 is 2.62 bits per heavy atom. The molecule has 0 saturated heterocycles. The first-order valence-corrected chi connectivity index (χ1v) is 4.24. The largest absolute Gasteiger partial charge is 0.388 e. The lowest BCUT2D eigenvalue weighted by molar-refractivity contribution is -0.0205. The summed E-state index contributed by atoms with van der Waals surface area (Å²) in [7, 11) is 1.54. The van der Waals surface area contributed by atoms with Crippen molar-refractivity contribution in [2.24, 2.45) is 0 Å². The molecule has 1 atom stereocenters. The van der Waals surface area contributed by atoms with E-state index in [4.69, 9.17) is 19.3 Å². The third-order valence-electron chi connectivity index (χ3n) is 1.28. The van der Waals surface area contributed by atoms with Crippen LogP contribution in [0.15, 0.2) is 12.7 Å². The lowest BCUT2D eigenvalue weighted by Crippen LogP contribution is -2.22. The van der Waals surface area contributed by atoms with Crippen LogP contribution in [0, 0.1) is 0 Å². The highest BCUT2D eigenvalue weighted by molar-refractivity contribution is 4.63. The SMILES string of the molecule is C=CCOCCOCC(O)COC. The first kappa shape index (κ1) is 12.6. The summed E-state index contributed by atoms with van der Waals surface area (Å²) in [6.45, 7) is 5.62. The van der Waals surface area contributed by atoms with E-state index in [1.807, 2.05) is 0 Å². The molecule has 0 heterocycles. The predicted molar refractivity (Wildman–Crippen MR) is 49.7 cm³/mol. The lowest BCUT2D eigenvalue weighted by atomic mass is 10.4. The molecule has 0 aliphatic carbocycles. The van der Waals surface area contributed by atoms with Crippen molar-refractivity contribution in [1.29, 1.82) is 0 Å². The van der Waals surface area contributed by atoms with Gasteiger partial charge in [0.25, 0.3) is 0 Å². The molecule has 0 aliphatic rings. The van der Waals surface area contributed by atoms with Gasteiger partial charge in [-0.25, -0.2) is 0 Å². The smallest absolute Gasteiger partial charge is 0.101 e. The molecule has 4 heteroatoms. The molecule has 0 fully saturated rings. The van der Waals surface area contributed by atoms with E-state index in [0.29, 0.717) is 26.4 Å². The van der Waals surface area contributed by atoms with Crippen LogP contribution in [0.5, 0.6) is 0 Å². The van der Waals surface area contributed by atoms with Gasteiger partial charge >= 0.3 is 0 Å². The van der Waals surface area contributed by atoms with E-state index in [-0.39, 0.29) is 6.61 Å². The van der Waals surface area contributed by atoms with Gasteiger partial charge in [-0.1, -0.05) is 6.08 Å². The van der Waals surface area contributed by atoms with Gasteiger partial charge in [-0.05, 0) is 0 Å². The summed E-state index contributed by atoms with van der Waals surface area (Å²) >= 11 is 0. The number of aliphatic hydroxyl groups is 1. The molecule has 1 N–H and O–H groups in total. The van der Waals surface area contributed by atoms with Gasteiger partial charge in [0.2, 0.25) is 0 Å². The normalized spacial score (nSPS) is 12.8. The van der Waals surface area contributed by atoms with Gasteiger partial charge in [0.15, 0.2) is 0 Å². The number of ether oxygens (including phenoxy) is 3. The summed E-state index contributed by atoms with van der Waals surface area (Å²) in [4.78, 5) is 0. The van der Waals surface area contributed by atoms with Gasteiger partial charge in [0.1, 0.15) is 6.10 Å². The Morgan fingerprint density at radius 2 is 2.00 bits per heavy atom. The van der Waals surface area contributed by atoms with E-state index in [9.17, 15) is 0 Å². The molecule has 0 aromatic rings. The minimum absolute atomic E-state index is 0.283. The minimum Gasteiger partial charge on any atom is -0.388 e. The zero-order chi connectivity index (χ0) is 9.94. The molecule has 4 nitrogen and oxygen atoms in total. The summed E-state index contributed by atoms with van der Waals surface area (Å²) in [5, 5.41) is 9.14. The van der Waals surface area contributed by atoms with Crippen LogP contribution in [0.2, 0.25) is 0 Å². The molecule has 0 radical (unpaired) electrons. The van der Waals surface area contributed by atoms with Crippen molar-refractivity contribution < 1.29 is 19.3 Å². The average molecular weight is 190 g/mol. The predicted octanol–water partition coefficient (Wildman–Crippen LogP) is 0.213. The van der Waals surface area contributed by atoms with E-state index < -0.39 is 6.10 Å². The monoisotopic (exact) mass is 190 g/mol. The highest BCUT2D eigenvalue weighted by Gasteiger charge is 2.01. The number of hydrogen-bond acceptors (Lipinski definition) is 4. The Kier molecular flexibility index (Phi) is 9.35. The molecule has 0 bridgehead atoms. The Hall–Kier alpha value is -0.420. The molecule has 0 aromatic carbocycles. The maximum atomic E-state index is 9.14. The van der Waals surface area contributed by atoms with Crippen LogP contribution in [0.3, 0.4) is 0 Å². The van der Waals surface area contributed by atoms with Crippen LogP contribution < -0.4 is 0 Å². The molecule has 0 spiro atoms. The highest BCUT2D eigenvalue weighted by atomic mass is 16.5. The van der Waals surface area contributed by atoms with Crippen molar-refractivity contribution >= 4 is 0 Å². The minimum atomic E-state index is -0.551. The van der Waals surface area contributed by atoms with Crippen LogP contribution in [-0.4, -0.2) is 51.4 Å². The third kappa shape index (κ3) is 9.49. The van der Waals surface area contributed by atoms with Crippen LogP contribution in [0.4, 0.5) is 0 Å². The van der Waals surface area contributed by atoms with Crippen molar-refractivity contribution in [3.63, 3.8) is 0 Å². The first-order chi connectivity index (χ1) is 6.31. The van der Waals surface area contributed by atoms with Crippen molar-refractivity contribution in [2.45, 2.75) is 6.10 Å². The molecule has 0 amide bonds. The van der Waals surface area contributed by atoms with Crippen molar-refractivity contribution in [3.05, 3.63) is 12.7 Å². The first-order valence-electron chi connectivity index (χ1n) is 4.24. The summed E-state index contributed by atoms with van der Waals surface area (Å²) in [6.07, 6.45) is 1.13. The van der Waals surface area contributed by atoms with Crippen LogP contribution in [0.1, 0.15) is 0 Å². The van der Waals surface area contributed by atoms with E-state index >= 15 is 0 Å². The molecule has 0 aliphatic heterocycles. The number of hydrogen-bond donors (Lipinski definition) is 1. The molecule has 1 unspecified atom stereocenters. The molecular formula is C9H18O4. The number of rotatable bonds is 9. The van der Waals surface area contributed by atoms with Crippen LogP contribution in [-0.2, 0) is 14.2 Å². The Morgan fingerprint density at radius 1 is 1.31 bits per heavy atom. The quantitative estimate of drug-likeness (QED) is 0.417. The van der Waals surface area contributed by atoms with Crippen molar-refractivity contribution in [1.82, 2.24) is 0 Å². The summed E-state index contributed by atoms with van der Waals surface area (Å²) in [5.41, 5.74) is 0. The molecule has 0 saturated carbocycles. The van der Waals surface area contributed by atoms with Gasteiger partial charge in [-0.2, -0.15) is 0 Å². The van der Waals surface area contributed by atoms with Crippen molar-refractivity contribution in [2.75, 3.05) is 40.1 Å². The van der Waals surface area contributed by atoms with Crippen LogP contribution in [0.25, 0.3) is 0 Å². The zero-order valence-corrected chi connectivity index (χ0v) is 8.07. The average Bonchev–Trinajstić information content (AvgIpc) is 2.11. The van der Waals surface area contributed by atoms with E-state index in [1.54, 1.807) is 6.08 Å². The van der Waals surface area contributed by atoms with Crippen LogP contribution >= 0.6 is 0 Å². The second kappa shape index (κ2) is 9.67. The van der Waals surface area contributed by atoms with Gasteiger partial charge in [-0.3, -0.25) is 0 Å². The highest BCUT2D eigenvalue weighted by Crippen LogP contribution is 1.86. The maximum Gasteiger partial charge on any atom is 0.101 e. The van der Waals surface area contributed by atoms with E-state index in [2.05, 4.69) is 6.58 Å². The van der Waals surface area contributed by atoms with Crippen molar-refractivity contribution in [3.8, 4) is 0 Å². The summed E-state index contributed by atoms with van der Waals surface area (Å²) in [5.74, 6) is 0. The molecule has 78 valence electrons. The standard InChI is InChI=1S/C9H18O4/c1-3-4-12-5-6-13-8-9(10)7-11-2/h3,9-10H,1,4-8H2,2H3. The molecule has 0 aromatic heterocycles. The summed E-state index contributed by atoms with van der Waals surface area (Å²) < 4.78 is 14.9. The van der Waals surface area contributed by atoms with E-state index in [1.165, 1.54) is 7.11 Å². The molecule has 0 rings (SSSR count). The Bertz CT molecular complexity index is 116. The molecule has 13 heavy (non-hydrogen) atoms. The van der Waals surface area contributed by atoms with Gasteiger partial charge < -0.3 is 19.3 Å². The fourth-order valence-electron chi connectivity index (χ4n) is 0.744. The number of aliphatic hydroxyl groups excluding tert-OH is 1. The van der Waals surface area contributed by atoms with E-state index in [0.717, 1.165) is 0 Å². The van der Waals surface area contributed by atoms with Gasteiger partial charge in [0.05, 0.1) is 33.0 Å². The summed E-state index contributed by atoms with van der Waals surface area (Å²) in [6, 6.07) is 0. The fourth-order valence-corrected chi connectivity index (χ4v) is 0.744. The molecular weight excluding hydrogens is 172 g/mol. The van der Waals surface area contributed by atoms with Gasteiger partial charge in [0, 0.05) is 7.11 Å². The second-order valence-electron chi connectivity index (χ2n) is 2.55. The zero-order valence-electron chi connectivity index (χ0n) is 8.07. The number of methoxy groups -OCH3 is 1. The Labute approximate surface area is 79.1 Å².